The molecule has 0 saturated heterocycles. The first kappa shape index (κ1) is 13.2. The highest BCUT2D eigenvalue weighted by Crippen LogP contribution is 2.11. The number of nitriles is 1. The van der Waals surface area contributed by atoms with Crippen LogP contribution < -0.4 is 5.32 Å². The highest BCUT2D eigenvalue weighted by Gasteiger charge is 2.09. The third-order valence-corrected chi connectivity index (χ3v) is 2.66. The number of hydrogen-bond acceptors (Lipinski definition) is 2. The zero-order valence-corrected chi connectivity index (χ0v) is 10.6. The van der Waals surface area contributed by atoms with Gasteiger partial charge in [0.15, 0.2) is 0 Å². The molecule has 3 heteroatoms. The summed E-state index contributed by atoms with van der Waals surface area (Å²) in [7, 11) is 0. The van der Waals surface area contributed by atoms with Crippen molar-refractivity contribution in [3.8, 4) is 6.07 Å². The second-order valence-electron chi connectivity index (χ2n) is 4.44. The minimum atomic E-state index is -0.0855. The highest BCUT2D eigenvalue weighted by molar-refractivity contribution is 5.79. The largest absolute Gasteiger partial charge is 0.352 e. The molecule has 90 valence electrons. The van der Waals surface area contributed by atoms with Crippen LogP contribution in [0.5, 0.6) is 0 Å². The summed E-state index contributed by atoms with van der Waals surface area (Å²) in [6.07, 6.45) is 0.724. The Hall–Kier alpha value is -1.82. The molecule has 0 radical (unpaired) electrons. The Labute approximate surface area is 102 Å². The molecule has 1 N–H and O–H groups in total. The van der Waals surface area contributed by atoms with Crippen molar-refractivity contribution in [2.45, 2.75) is 39.7 Å². The normalized spacial score (nSPS) is 11.6. The SMILES string of the molecule is Cc1ccc(C)c(CC(=O)NC(C)CC#N)c1. The molecule has 1 rings (SSSR count). The molecule has 0 aliphatic rings. The number of rotatable bonds is 4. The van der Waals surface area contributed by atoms with Gasteiger partial charge in [-0.05, 0) is 31.9 Å². The zero-order valence-electron chi connectivity index (χ0n) is 10.6. The van der Waals surface area contributed by atoms with Crippen LogP contribution in [0, 0.1) is 25.2 Å². The lowest BCUT2D eigenvalue weighted by Gasteiger charge is -2.11. The van der Waals surface area contributed by atoms with E-state index in [-0.39, 0.29) is 11.9 Å². The Balaban J connectivity index is 2.62. The van der Waals surface area contributed by atoms with E-state index in [0.717, 1.165) is 16.7 Å². The number of nitrogens with one attached hydrogen (secondary N) is 1. The summed E-state index contributed by atoms with van der Waals surface area (Å²) in [5.74, 6) is -0.0264. The summed E-state index contributed by atoms with van der Waals surface area (Å²) in [4.78, 5) is 11.7. The van der Waals surface area contributed by atoms with Crippen LogP contribution in [0.4, 0.5) is 0 Å². The maximum absolute atomic E-state index is 11.7. The lowest BCUT2D eigenvalue weighted by Crippen LogP contribution is -2.33. The van der Waals surface area contributed by atoms with Gasteiger partial charge in [-0.2, -0.15) is 5.26 Å². The molecular formula is C14H18N2O. The smallest absolute Gasteiger partial charge is 0.224 e. The topological polar surface area (TPSA) is 52.9 Å². The van der Waals surface area contributed by atoms with E-state index in [9.17, 15) is 4.79 Å². The molecular weight excluding hydrogens is 212 g/mol. The molecule has 0 fully saturated rings. The molecule has 0 aliphatic carbocycles. The van der Waals surface area contributed by atoms with Crippen molar-refractivity contribution in [1.29, 1.82) is 5.26 Å². The van der Waals surface area contributed by atoms with Crippen molar-refractivity contribution in [2.75, 3.05) is 0 Å². The van der Waals surface area contributed by atoms with E-state index >= 15 is 0 Å². The Bertz CT molecular complexity index is 446. The molecule has 17 heavy (non-hydrogen) atoms. The number of benzene rings is 1. The Morgan fingerprint density at radius 1 is 1.47 bits per heavy atom. The van der Waals surface area contributed by atoms with Gasteiger partial charge < -0.3 is 5.32 Å². The Morgan fingerprint density at radius 3 is 2.82 bits per heavy atom. The molecule has 1 amide bonds. The monoisotopic (exact) mass is 230 g/mol. The van der Waals surface area contributed by atoms with E-state index < -0.39 is 0 Å². The fourth-order valence-electron chi connectivity index (χ4n) is 1.68. The molecule has 1 aromatic rings. The molecule has 0 aromatic heterocycles. The van der Waals surface area contributed by atoms with Gasteiger partial charge in [0, 0.05) is 6.04 Å². The molecule has 0 spiro atoms. The van der Waals surface area contributed by atoms with Crippen molar-refractivity contribution >= 4 is 5.91 Å². The predicted molar refractivity (Wildman–Crippen MR) is 67.5 cm³/mol. The van der Waals surface area contributed by atoms with Crippen LogP contribution in [0.3, 0.4) is 0 Å². The van der Waals surface area contributed by atoms with Gasteiger partial charge in [0.2, 0.25) is 5.91 Å². The van der Waals surface area contributed by atoms with Gasteiger partial charge in [-0.15, -0.1) is 0 Å². The second-order valence-corrected chi connectivity index (χ2v) is 4.44. The first-order valence-electron chi connectivity index (χ1n) is 5.75. The van der Waals surface area contributed by atoms with Crippen molar-refractivity contribution < 1.29 is 4.79 Å². The third kappa shape index (κ3) is 4.28. The van der Waals surface area contributed by atoms with Crippen LogP contribution in [0.25, 0.3) is 0 Å². The predicted octanol–water partition coefficient (Wildman–Crippen LogP) is 2.26. The minimum Gasteiger partial charge on any atom is -0.352 e. The highest BCUT2D eigenvalue weighted by atomic mass is 16.1. The third-order valence-electron chi connectivity index (χ3n) is 2.66. The van der Waals surface area contributed by atoms with Gasteiger partial charge in [-0.3, -0.25) is 4.79 Å². The first-order chi connectivity index (χ1) is 8.02. The number of amides is 1. The number of nitrogens with zero attached hydrogens (tertiary/aromatic N) is 1. The number of aryl methyl sites for hydroxylation is 2. The fraction of sp³-hybridized carbons (Fsp3) is 0.429. The standard InChI is InChI=1S/C14H18N2O/c1-10-4-5-11(2)13(8-10)9-14(17)16-12(3)6-7-15/h4-5,8,12H,6,9H2,1-3H3,(H,16,17). The van der Waals surface area contributed by atoms with Crippen LogP contribution in [0.1, 0.15) is 30.0 Å². The first-order valence-corrected chi connectivity index (χ1v) is 5.75. The number of carbonyl (C=O) groups is 1. The van der Waals surface area contributed by atoms with Gasteiger partial charge in [0.05, 0.1) is 18.9 Å². The van der Waals surface area contributed by atoms with E-state index in [2.05, 4.69) is 5.32 Å². The van der Waals surface area contributed by atoms with Gasteiger partial charge in [-0.25, -0.2) is 0 Å². The van der Waals surface area contributed by atoms with Crippen LogP contribution >= 0.6 is 0 Å². The number of hydrogen-bond donors (Lipinski definition) is 1. The summed E-state index contributed by atoms with van der Waals surface area (Å²) in [6.45, 7) is 5.85. The van der Waals surface area contributed by atoms with E-state index in [4.69, 9.17) is 5.26 Å². The lowest BCUT2D eigenvalue weighted by molar-refractivity contribution is -0.121. The summed E-state index contributed by atoms with van der Waals surface area (Å²) < 4.78 is 0. The molecule has 0 heterocycles. The maximum Gasteiger partial charge on any atom is 0.224 e. The van der Waals surface area contributed by atoms with Crippen LogP contribution in [-0.4, -0.2) is 11.9 Å². The zero-order chi connectivity index (χ0) is 12.8. The van der Waals surface area contributed by atoms with Gasteiger partial charge in [0.1, 0.15) is 0 Å². The van der Waals surface area contributed by atoms with Crippen molar-refractivity contribution in [1.82, 2.24) is 5.32 Å². The molecule has 0 bridgehead atoms. The summed E-state index contributed by atoms with van der Waals surface area (Å²) in [6, 6.07) is 8.05. The lowest BCUT2D eigenvalue weighted by atomic mass is 10.0. The van der Waals surface area contributed by atoms with Crippen LogP contribution in [-0.2, 0) is 11.2 Å². The Morgan fingerprint density at radius 2 is 2.18 bits per heavy atom. The summed E-state index contributed by atoms with van der Waals surface area (Å²) in [5, 5.41) is 11.3. The molecule has 1 unspecified atom stereocenters. The van der Waals surface area contributed by atoms with E-state index in [1.54, 1.807) is 0 Å². The quantitative estimate of drug-likeness (QED) is 0.862. The van der Waals surface area contributed by atoms with Crippen molar-refractivity contribution in [3.63, 3.8) is 0 Å². The molecule has 3 nitrogen and oxygen atoms in total. The van der Waals surface area contributed by atoms with E-state index in [1.807, 2.05) is 45.0 Å². The minimum absolute atomic E-state index is 0.0264. The summed E-state index contributed by atoms with van der Waals surface area (Å²) in [5.41, 5.74) is 3.33. The second kappa shape index (κ2) is 6.05. The Kier molecular flexibility index (Phi) is 4.71. The average Bonchev–Trinajstić information content (AvgIpc) is 2.23. The van der Waals surface area contributed by atoms with Crippen molar-refractivity contribution in [2.24, 2.45) is 0 Å². The van der Waals surface area contributed by atoms with Crippen molar-refractivity contribution in [3.05, 3.63) is 34.9 Å². The molecule has 0 aliphatic heterocycles. The van der Waals surface area contributed by atoms with E-state index in [1.165, 1.54) is 0 Å². The molecule has 0 saturated carbocycles. The fourth-order valence-corrected chi connectivity index (χ4v) is 1.68. The maximum atomic E-state index is 11.7. The number of carbonyl (C=O) groups excluding carboxylic acids is 1. The van der Waals surface area contributed by atoms with Crippen LogP contribution in [0.15, 0.2) is 18.2 Å². The van der Waals surface area contributed by atoms with E-state index in [0.29, 0.717) is 12.8 Å². The molecule has 1 atom stereocenters. The average molecular weight is 230 g/mol. The van der Waals surface area contributed by atoms with Gasteiger partial charge in [-0.1, -0.05) is 23.8 Å². The van der Waals surface area contributed by atoms with Gasteiger partial charge >= 0.3 is 0 Å². The summed E-state index contributed by atoms with van der Waals surface area (Å²) >= 11 is 0. The molecule has 1 aromatic carbocycles. The van der Waals surface area contributed by atoms with Gasteiger partial charge in [0.25, 0.3) is 0 Å². The van der Waals surface area contributed by atoms with Crippen LogP contribution in [0.2, 0.25) is 0 Å².